The lowest BCUT2D eigenvalue weighted by Crippen LogP contribution is -2.05. The van der Waals surface area contributed by atoms with Crippen molar-refractivity contribution >= 4 is 22.7 Å². The van der Waals surface area contributed by atoms with Gasteiger partial charge < -0.3 is 20.0 Å². The molecule has 0 bridgehead atoms. The molecule has 0 unspecified atom stereocenters. The summed E-state index contributed by atoms with van der Waals surface area (Å²) in [5.41, 5.74) is 0.915. The summed E-state index contributed by atoms with van der Waals surface area (Å²) in [6.07, 6.45) is -0.986. The van der Waals surface area contributed by atoms with Crippen LogP contribution in [0.4, 0.5) is 24.8 Å². The van der Waals surface area contributed by atoms with Crippen LogP contribution in [0.1, 0.15) is 5.56 Å². The second-order valence-corrected chi connectivity index (χ2v) is 6.90. The van der Waals surface area contributed by atoms with Crippen molar-refractivity contribution in [3.8, 4) is 22.9 Å². The number of pyridine rings is 1. The van der Waals surface area contributed by atoms with Crippen molar-refractivity contribution in [2.45, 2.75) is 6.18 Å². The third kappa shape index (κ3) is 3.97. The first-order chi connectivity index (χ1) is 15.5. The van der Waals surface area contributed by atoms with Crippen molar-refractivity contribution in [3.63, 3.8) is 0 Å². The molecule has 0 aliphatic rings. The number of H-pyrrole nitrogens is 2. The molecule has 2 aromatic carbocycles. The van der Waals surface area contributed by atoms with Crippen LogP contribution in [0.5, 0.6) is 11.5 Å². The van der Waals surface area contributed by atoms with Gasteiger partial charge in [0, 0.05) is 23.6 Å². The van der Waals surface area contributed by atoms with Crippen molar-refractivity contribution in [2.75, 3.05) is 5.32 Å². The summed E-state index contributed by atoms with van der Waals surface area (Å²) in [4.78, 5) is 10.2. The molecule has 0 amide bonds. The van der Waals surface area contributed by atoms with Gasteiger partial charge in [-0.15, -0.1) is 10.2 Å². The molecule has 5 aromatic rings. The topological polar surface area (TPSA) is 91.5 Å². The molecule has 0 spiro atoms. The first-order valence-electron chi connectivity index (χ1n) is 9.53. The van der Waals surface area contributed by atoms with Crippen LogP contribution in [0.2, 0.25) is 0 Å². The van der Waals surface area contributed by atoms with Gasteiger partial charge in [0.05, 0.1) is 10.9 Å². The van der Waals surface area contributed by atoms with E-state index < -0.39 is 11.7 Å². The number of nitrogens with zero attached hydrogens (tertiary/aromatic N) is 3. The molecule has 0 radical (unpaired) electrons. The minimum atomic E-state index is -4.43. The summed E-state index contributed by atoms with van der Waals surface area (Å²) in [5, 5.41) is 11.7. The molecule has 0 saturated heterocycles. The van der Waals surface area contributed by atoms with Crippen LogP contribution in [0.25, 0.3) is 22.4 Å². The Bertz CT molecular complexity index is 1390. The number of alkyl halides is 3. The van der Waals surface area contributed by atoms with Gasteiger partial charge in [0.2, 0.25) is 5.95 Å². The second kappa shape index (κ2) is 7.73. The molecule has 3 aromatic heterocycles. The lowest BCUT2D eigenvalue weighted by molar-refractivity contribution is -0.137. The number of hydrogen-bond acceptors (Lipinski definition) is 5. The zero-order valence-electron chi connectivity index (χ0n) is 16.3. The summed E-state index contributed by atoms with van der Waals surface area (Å²) < 4.78 is 44.8. The van der Waals surface area contributed by atoms with E-state index in [1.54, 1.807) is 30.6 Å². The molecule has 0 saturated carbocycles. The highest BCUT2D eigenvalue weighted by Gasteiger charge is 2.30. The lowest BCUT2D eigenvalue weighted by atomic mass is 10.2. The number of hydrogen-bond donors (Lipinski definition) is 3. The molecule has 5 rings (SSSR count). The summed E-state index contributed by atoms with van der Waals surface area (Å²) in [6.45, 7) is 0. The maximum Gasteiger partial charge on any atom is 0.416 e. The van der Waals surface area contributed by atoms with E-state index in [1.807, 2.05) is 18.2 Å². The lowest BCUT2D eigenvalue weighted by Gasteiger charge is -2.09. The van der Waals surface area contributed by atoms with Gasteiger partial charge in [-0.1, -0.05) is 18.2 Å². The molecule has 0 aliphatic heterocycles. The third-order valence-electron chi connectivity index (χ3n) is 4.69. The molecular weight excluding hydrogens is 421 g/mol. The zero-order valence-corrected chi connectivity index (χ0v) is 16.3. The average molecular weight is 436 g/mol. The number of benzene rings is 2. The smallest absolute Gasteiger partial charge is 0.416 e. The molecule has 0 fully saturated rings. The van der Waals surface area contributed by atoms with Gasteiger partial charge in [0.1, 0.15) is 17.1 Å². The molecule has 7 nitrogen and oxygen atoms in total. The van der Waals surface area contributed by atoms with Crippen LogP contribution in [-0.4, -0.2) is 25.1 Å². The van der Waals surface area contributed by atoms with Crippen molar-refractivity contribution in [2.24, 2.45) is 0 Å². The monoisotopic (exact) mass is 436 g/mol. The van der Waals surface area contributed by atoms with Crippen LogP contribution in [0, 0.1) is 0 Å². The number of fused-ring (bicyclic) bond motifs is 1. The first-order valence-corrected chi connectivity index (χ1v) is 9.53. The standard InChI is InChI=1S/C22H15F3N6O/c23-22(24,25)14-4-2-5-15(12-14)28-21-29-19(30-31-21)13-3-1-6-16(11-13)32-18-8-10-27-20-17(18)7-9-26-20/h1-12H,(H,26,27)(H2,28,29,30,31). The number of aromatic amines is 2. The molecule has 3 N–H and O–H groups in total. The summed E-state index contributed by atoms with van der Waals surface area (Å²) >= 11 is 0. The SMILES string of the molecule is FC(F)(F)c1cccc(Nc2nnc(-c3cccc(Oc4ccnc5[nH]ccc45)c3)[nH]2)c1. The van der Waals surface area contributed by atoms with Crippen molar-refractivity contribution < 1.29 is 17.9 Å². The van der Waals surface area contributed by atoms with Gasteiger partial charge in [0.15, 0.2) is 5.82 Å². The highest BCUT2D eigenvalue weighted by atomic mass is 19.4. The summed E-state index contributed by atoms with van der Waals surface area (Å²) in [5.74, 6) is 1.89. The highest BCUT2D eigenvalue weighted by Crippen LogP contribution is 2.32. The highest BCUT2D eigenvalue weighted by molar-refractivity contribution is 5.82. The van der Waals surface area contributed by atoms with E-state index >= 15 is 0 Å². The van der Waals surface area contributed by atoms with Crippen LogP contribution in [0.3, 0.4) is 0 Å². The summed E-state index contributed by atoms with van der Waals surface area (Å²) in [7, 11) is 0. The Hall–Kier alpha value is -4.34. The third-order valence-corrected chi connectivity index (χ3v) is 4.69. The fourth-order valence-electron chi connectivity index (χ4n) is 3.22. The fourth-order valence-corrected chi connectivity index (χ4v) is 3.22. The molecule has 0 aliphatic carbocycles. The van der Waals surface area contributed by atoms with Crippen molar-refractivity contribution in [1.82, 2.24) is 25.1 Å². The van der Waals surface area contributed by atoms with Crippen LogP contribution < -0.4 is 10.1 Å². The Morgan fingerprint density at radius 3 is 2.69 bits per heavy atom. The summed E-state index contributed by atoms with van der Waals surface area (Å²) in [6, 6.07) is 15.7. The Morgan fingerprint density at radius 2 is 1.81 bits per heavy atom. The van der Waals surface area contributed by atoms with E-state index in [4.69, 9.17) is 4.74 Å². The molecule has 3 heterocycles. The Labute approximate surface area is 179 Å². The van der Waals surface area contributed by atoms with Crippen molar-refractivity contribution in [3.05, 3.63) is 78.6 Å². The fraction of sp³-hybridized carbons (Fsp3) is 0.0455. The molecular formula is C22H15F3N6O. The average Bonchev–Trinajstić information content (AvgIpc) is 3.44. The normalized spacial score (nSPS) is 11.6. The van der Waals surface area contributed by atoms with Crippen LogP contribution >= 0.6 is 0 Å². The Balaban J connectivity index is 1.36. The number of aromatic nitrogens is 5. The quantitative estimate of drug-likeness (QED) is 0.319. The van der Waals surface area contributed by atoms with Crippen molar-refractivity contribution in [1.29, 1.82) is 0 Å². The minimum Gasteiger partial charge on any atom is -0.457 e. The van der Waals surface area contributed by atoms with Gasteiger partial charge in [-0.3, -0.25) is 0 Å². The Kier molecular flexibility index (Phi) is 4.74. The number of ether oxygens (including phenoxy) is 1. The largest absolute Gasteiger partial charge is 0.457 e. The van der Waals surface area contributed by atoms with Crippen LogP contribution in [-0.2, 0) is 6.18 Å². The zero-order chi connectivity index (χ0) is 22.1. The second-order valence-electron chi connectivity index (χ2n) is 6.90. The van der Waals surface area contributed by atoms with Gasteiger partial charge in [-0.05, 0) is 42.5 Å². The van der Waals surface area contributed by atoms with E-state index in [1.165, 1.54) is 12.1 Å². The number of halogens is 3. The molecule has 160 valence electrons. The first kappa shape index (κ1) is 19.6. The number of anilines is 2. The maximum atomic E-state index is 12.9. The predicted octanol–water partition coefficient (Wildman–Crippen LogP) is 5.90. The minimum absolute atomic E-state index is 0.216. The molecule has 0 atom stereocenters. The van der Waals surface area contributed by atoms with Gasteiger partial charge in [-0.25, -0.2) is 4.98 Å². The van der Waals surface area contributed by atoms with Gasteiger partial charge in [-0.2, -0.15) is 13.2 Å². The van der Waals surface area contributed by atoms with E-state index in [2.05, 4.69) is 30.5 Å². The van der Waals surface area contributed by atoms with E-state index in [9.17, 15) is 13.2 Å². The van der Waals surface area contributed by atoms with E-state index in [0.29, 0.717) is 22.9 Å². The van der Waals surface area contributed by atoms with Gasteiger partial charge >= 0.3 is 6.18 Å². The number of rotatable bonds is 5. The molecule has 32 heavy (non-hydrogen) atoms. The van der Waals surface area contributed by atoms with E-state index in [-0.39, 0.29) is 11.6 Å². The van der Waals surface area contributed by atoms with E-state index in [0.717, 1.165) is 23.2 Å². The Morgan fingerprint density at radius 1 is 0.938 bits per heavy atom. The van der Waals surface area contributed by atoms with Gasteiger partial charge in [0.25, 0.3) is 0 Å². The molecule has 10 heteroatoms. The predicted molar refractivity (Wildman–Crippen MR) is 113 cm³/mol. The maximum absolute atomic E-state index is 12.9. The van der Waals surface area contributed by atoms with Crippen LogP contribution in [0.15, 0.2) is 73.1 Å². The number of nitrogens with one attached hydrogen (secondary N) is 3.